The maximum atomic E-state index is 5.25. The van der Waals surface area contributed by atoms with Gasteiger partial charge in [0.25, 0.3) is 9.04 Å². The van der Waals surface area contributed by atoms with Crippen LogP contribution in [-0.4, -0.2) is 23.3 Å². The fourth-order valence-electron chi connectivity index (χ4n) is 1.09. The predicted molar refractivity (Wildman–Crippen MR) is 43.0 cm³/mol. The Labute approximate surface area is 62.9 Å². The van der Waals surface area contributed by atoms with Gasteiger partial charge >= 0.3 is 0 Å². The first kappa shape index (κ1) is 7.56. The van der Waals surface area contributed by atoms with Crippen LogP contribution in [0.25, 0.3) is 0 Å². The minimum atomic E-state index is -1.26. The van der Waals surface area contributed by atoms with Crippen LogP contribution in [-0.2, 0) is 9.16 Å². The molecule has 0 saturated heterocycles. The smallest absolute Gasteiger partial charge is 0.271 e. The van der Waals surface area contributed by atoms with Crippen LogP contribution in [0, 0.1) is 0 Å². The van der Waals surface area contributed by atoms with E-state index in [-0.39, 0.29) is 0 Å². The lowest BCUT2D eigenvalue weighted by atomic mass is 10.3. The Balaban J connectivity index is 2.74. The minimum absolute atomic E-state index is 1.06. The summed E-state index contributed by atoms with van der Waals surface area (Å²) in [5, 5.41) is 1.06. The van der Waals surface area contributed by atoms with Crippen LogP contribution in [0.15, 0.2) is 22.7 Å². The molecule has 0 fully saturated rings. The molecule has 0 aromatic rings. The quantitative estimate of drug-likeness (QED) is 0.554. The van der Waals surface area contributed by atoms with Gasteiger partial charge in [-0.3, -0.25) is 0 Å². The Morgan fingerprint density at radius 3 is 2.50 bits per heavy atom. The normalized spacial score (nSPS) is 24.1. The van der Waals surface area contributed by atoms with Crippen LogP contribution >= 0.6 is 0 Å². The Hall–Kier alpha value is -0.543. The molecular formula is C7H12O2Si. The average molecular weight is 156 g/mol. The summed E-state index contributed by atoms with van der Waals surface area (Å²) in [6.45, 7) is 2.04. The molecule has 0 aromatic carbocycles. The van der Waals surface area contributed by atoms with Crippen LogP contribution in [0.3, 0.4) is 0 Å². The van der Waals surface area contributed by atoms with Gasteiger partial charge in [-0.25, -0.2) is 0 Å². The van der Waals surface area contributed by atoms with Gasteiger partial charge in [0.05, 0.1) is 7.11 Å². The maximum Gasteiger partial charge on any atom is 0.271 e. The van der Waals surface area contributed by atoms with Crippen LogP contribution in [0.2, 0.25) is 0 Å². The van der Waals surface area contributed by atoms with Crippen molar-refractivity contribution in [3.05, 3.63) is 22.7 Å². The zero-order chi connectivity index (χ0) is 7.56. The number of hydrogen-bond donors (Lipinski definition) is 0. The van der Waals surface area contributed by atoms with E-state index in [9.17, 15) is 0 Å². The number of hydrogen-bond acceptors (Lipinski definition) is 2. The van der Waals surface area contributed by atoms with Crippen molar-refractivity contribution < 1.29 is 9.16 Å². The molecule has 1 aliphatic rings. The van der Waals surface area contributed by atoms with Gasteiger partial charge in [0.2, 0.25) is 0 Å². The Morgan fingerprint density at radius 2 is 2.10 bits per heavy atom. The van der Waals surface area contributed by atoms with Crippen molar-refractivity contribution in [1.29, 1.82) is 0 Å². The van der Waals surface area contributed by atoms with Gasteiger partial charge in [0.15, 0.2) is 0 Å². The summed E-state index contributed by atoms with van der Waals surface area (Å²) in [7, 11) is 2.18. The SMILES string of the molecule is COC1=C(C)C=C[SiH]1OC. The van der Waals surface area contributed by atoms with Crippen LogP contribution in [0.5, 0.6) is 0 Å². The molecule has 1 heterocycles. The Bertz CT molecular complexity index is 184. The van der Waals surface area contributed by atoms with Crippen molar-refractivity contribution in [2.45, 2.75) is 6.92 Å². The van der Waals surface area contributed by atoms with Crippen LogP contribution in [0.1, 0.15) is 6.92 Å². The molecule has 1 rings (SSSR count). The third-order valence-electron chi connectivity index (χ3n) is 1.64. The first-order valence-electron chi connectivity index (χ1n) is 3.25. The van der Waals surface area contributed by atoms with E-state index >= 15 is 0 Å². The van der Waals surface area contributed by atoms with Gasteiger partial charge < -0.3 is 9.16 Å². The number of allylic oxidation sites excluding steroid dienone is 2. The van der Waals surface area contributed by atoms with Crippen LogP contribution in [0.4, 0.5) is 0 Å². The summed E-state index contributed by atoms with van der Waals surface area (Å²) in [4.78, 5) is 0. The van der Waals surface area contributed by atoms with E-state index in [1.807, 2.05) is 6.92 Å². The molecule has 0 amide bonds. The van der Waals surface area contributed by atoms with E-state index < -0.39 is 9.04 Å². The first-order chi connectivity index (χ1) is 4.79. The molecule has 0 saturated carbocycles. The fraction of sp³-hybridized carbons (Fsp3) is 0.429. The van der Waals surface area contributed by atoms with Gasteiger partial charge in [0.1, 0.15) is 5.38 Å². The topological polar surface area (TPSA) is 18.5 Å². The molecular weight excluding hydrogens is 144 g/mol. The molecule has 56 valence electrons. The molecule has 1 unspecified atom stereocenters. The van der Waals surface area contributed by atoms with Crippen LogP contribution < -0.4 is 0 Å². The molecule has 3 heteroatoms. The minimum Gasteiger partial charge on any atom is -0.503 e. The third-order valence-corrected chi connectivity index (χ3v) is 3.90. The molecule has 10 heavy (non-hydrogen) atoms. The highest BCUT2D eigenvalue weighted by Gasteiger charge is 2.20. The summed E-state index contributed by atoms with van der Waals surface area (Å²) in [6, 6.07) is 0. The highest BCUT2D eigenvalue weighted by Crippen LogP contribution is 2.18. The largest absolute Gasteiger partial charge is 0.503 e. The van der Waals surface area contributed by atoms with Gasteiger partial charge in [-0.15, -0.1) is 0 Å². The molecule has 0 radical (unpaired) electrons. The van der Waals surface area contributed by atoms with E-state index in [2.05, 4.69) is 11.8 Å². The number of rotatable bonds is 2. The summed E-state index contributed by atoms with van der Waals surface area (Å²) < 4.78 is 10.4. The lowest BCUT2D eigenvalue weighted by Crippen LogP contribution is -2.16. The van der Waals surface area contributed by atoms with Crippen molar-refractivity contribution in [3.63, 3.8) is 0 Å². The van der Waals surface area contributed by atoms with Gasteiger partial charge in [-0.05, 0) is 12.5 Å². The highest BCUT2D eigenvalue weighted by atomic mass is 28.3. The van der Waals surface area contributed by atoms with Gasteiger partial charge in [-0.1, -0.05) is 11.8 Å². The molecule has 0 N–H and O–H groups in total. The molecule has 0 aromatic heterocycles. The summed E-state index contributed by atoms with van der Waals surface area (Å²) in [5.41, 5.74) is 3.33. The van der Waals surface area contributed by atoms with Crippen molar-refractivity contribution in [3.8, 4) is 0 Å². The second kappa shape index (κ2) is 3.03. The van der Waals surface area contributed by atoms with E-state index in [0.29, 0.717) is 0 Å². The second-order valence-electron chi connectivity index (χ2n) is 2.27. The monoisotopic (exact) mass is 156 g/mol. The summed E-state index contributed by atoms with van der Waals surface area (Å²) in [5.74, 6) is 0. The fourth-order valence-corrected chi connectivity index (χ4v) is 2.88. The molecule has 1 atom stereocenters. The van der Waals surface area contributed by atoms with Crippen molar-refractivity contribution in [1.82, 2.24) is 0 Å². The standard InChI is InChI=1S/C7H12O2Si/c1-6-4-5-10(9-3)7(6)8-2/h4-5,10H,1-3H3. The maximum absolute atomic E-state index is 5.25. The predicted octanol–water partition coefficient (Wildman–Crippen LogP) is 0.925. The van der Waals surface area contributed by atoms with E-state index in [1.165, 1.54) is 5.57 Å². The molecule has 0 bridgehead atoms. The summed E-state index contributed by atoms with van der Waals surface area (Å²) in [6.07, 6.45) is 2.07. The number of ether oxygens (including phenoxy) is 1. The number of methoxy groups -OCH3 is 1. The lowest BCUT2D eigenvalue weighted by Gasteiger charge is -2.08. The zero-order valence-corrected chi connectivity index (χ0v) is 7.70. The van der Waals surface area contributed by atoms with Crippen molar-refractivity contribution in [2.75, 3.05) is 14.2 Å². The highest BCUT2D eigenvalue weighted by molar-refractivity contribution is 6.66. The molecule has 0 aliphatic carbocycles. The lowest BCUT2D eigenvalue weighted by molar-refractivity contribution is 0.298. The van der Waals surface area contributed by atoms with Crippen molar-refractivity contribution in [2.24, 2.45) is 0 Å². The van der Waals surface area contributed by atoms with Crippen molar-refractivity contribution >= 4 is 9.04 Å². The van der Waals surface area contributed by atoms with Gasteiger partial charge in [0, 0.05) is 7.11 Å². The molecule has 1 aliphatic heterocycles. The Morgan fingerprint density at radius 1 is 1.40 bits per heavy atom. The van der Waals surface area contributed by atoms with E-state index in [4.69, 9.17) is 9.16 Å². The molecule has 0 spiro atoms. The Kier molecular flexibility index (Phi) is 2.29. The van der Waals surface area contributed by atoms with E-state index in [1.54, 1.807) is 14.2 Å². The first-order valence-corrected chi connectivity index (χ1v) is 4.97. The summed E-state index contributed by atoms with van der Waals surface area (Å²) >= 11 is 0. The third kappa shape index (κ3) is 1.15. The second-order valence-corrected chi connectivity index (χ2v) is 4.49. The average Bonchev–Trinajstić information content (AvgIpc) is 2.30. The van der Waals surface area contributed by atoms with E-state index in [0.717, 1.165) is 5.38 Å². The molecule has 2 nitrogen and oxygen atoms in total. The zero-order valence-electron chi connectivity index (χ0n) is 6.55. The van der Waals surface area contributed by atoms with Gasteiger partial charge in [-0.2, -0.15) is 0 Å².